The molecule has 0 aliphatic heterocycles. The summed E-state index contributed by atoms with van der Waals surface area (Å²) in [7, 11) is 0. The molecule has 0 unspecified atom stereocenters. The molecule has 0 saturated carbocycles. The molecule has 0 radical (unpaired) electrons. The van der Waals surface area contributed by atoms with Gasteiger partial charge in [-0.3, -0.25) is 14.9 Å². The fourth-order valence-electron chi connectivity index (χ4n) is 3.77. The Bertz CT molecular complexity index is 1870. The van der Waals surface area contributed by atoms with Gasteiger partial charge in [-0.05, 0) is 87.1 Å². The number of pyridine rings is 1. The van der Waals surface area contributed by atoms with E-state index in [1.165, 1.54) is 30.5 Å². The molecule has 0 spiro atoms. The minimum Gasteiger partial charge on any atom is -0.437 e. The fraction of sp³-hybridized carbons (Fsp3) is 0.0370. The number of aromatic nitrogens is 3. The molecule has 9 nitrogen and oxygen atoms in total. The number of nitro groups is 1. The van der Waals surface area contributed by atoms with Gasteiger partial charge in [-0.25, -0.2) is 9.97 Å². The maximum absolute atomic E-state index is 13.4. The first kappa shape index (κ1) is 28.6. The van der Waals surface area contributed by atoms with Crippen LogP contribution in [0.3, 0.4) is 0 Å². The summed E-state index contributed by atoms with van der Waals surface area (Å²) in [6, 6.07) is 17.1. The fourth-order valence-corrected chi connectivity index (χ4v) is 5.81. The third kappa shape index (κ3) is 6.22. The lowest BCUT2D eigenvalue weighted by atomic mass is 10.1. The first-order chi connectivity index (χ1) is 19.5. The summed E-state index contributed by atoms with van der Waals surface area (Å²) >= 11 is 4.08. The lowest BCUT2D eigenvalue weighted by Gasteiger charge is -2.12. The van der Waals surface area contributed by atoms with Crippen molar-refractivity contribution >= 4 is 68.0 Å². The van der Waals surface area contributed by atoms with Crippen LogP contribution in [0.5, 0.6) is 11.6 Å². The highest BCUT2D eigenvalue weighted by atomic mass is 127. The van der Waals surface area contributed by atoms with Gasteiger partial charge >= 0.3 is 6.18 Å². The van der Waals surface area contributed by atoms with Crippen molar-refractivity contribution in [3.05, 3.63) is 118 Å². The summed E-state index contributed by atoms with van der Waals surface area (Å²) in [6.45, 7) is 0. The summed E-state index contributed by atoms with van der Waals surface area (Å²) < 4.78 is 48.4. The van der Waals surface area contributed by atoms with Gasteiger partial charge in [0, 0.05) is 17.7 Å². The number of hydrogen-bond acceptors (Lipinski definition) is 7. The molecule has 0 saturated heterocycles. The molecule has 206 valence electrons. The maximum atomic E-state index is 13.4. The minimum absolute atomic E-state index is 0.0513. The smallest absolute Gasteiger partial charge is 0.416 e. The van der Waals surface area contributed by atoms with Crippen molar-refractivity contribution in [3.8, 4) is 23.0 Å². The maximum Gasteiger partial charge on any atom is 0.416 e. The molecule has 0 bridgehead atoms. The summed E-state index contributed by atoms with van der Waals surface area (Å²) in [4.78, 5) is 32.1. The number of alkyl halides is 3. The Balaban J connectivity index is 1.54. The predicted octanol–water partition coefficient (Wildman–Crippen LogP) is 7.27. The van der Waals surface area contributed by atoms with E-state index in [1.54, 1.807) is 36.4 Å². The van der Waals surface area contributed by atoms with Crippen LogP contribution in [0.1, 0.15) is 11.1 Å². The van der Waals surface area contributed by atoms with Crippen LogP contribution in [0.15, 0.2) is 88.9 Å². The molecule has 2 aromatic heterocycles. The van der Waals surface area contributed by atoms with Crippen molar-refractivity contribution < 1.29 is 22.8 Å². The van der Waals surface area contributed by atoms with E-state index in [-0.39, 0.29) is 28.3 Å². The van der Waals surface area contributed by atoms with E-state index in [9.17, 15) is 28.1 Å². The number of halogens is 5. The van der Waals surface area contributed by atoms with Crippen molar-refractivity contribution in [2.75, 3.05) is 0 Å². The highest BCUT2D eigenvalue weighted by Crippen LogP contribution is 2.33. The van der Waals surface area contributed by atoms with Gasteiger partial charge in [0.2, 0.25) is 5.88 Å². The molecule has 0 aliphatic rings. The first-order valence-corrected chi connectivity index (χ1v) is 13.7. The number of fused-ring (bicyclic) bond motifs is 1. The van der Waals surface area contributed by atoms with E-state index < -0.39 is 22.2 Å². The monoisotopic (exact) mass is 783 g/mol. The molecule has 0 N–H and O–H groups in total. The Kier molecular flexibility index (Phi) is 8.03. The lowest BCUT2D eigenvalue weighted by molar-refractivity contribution is -0.385. The van der Waals surface area contributed by atoms with Gasteiger partial charge in [0.1, 0.15) is 6.20 Å². The average molecular weight is 783 g/mol. The highest BCUT2D eigenvalue weighted by molar-refractivity contribution is 14.1. The van der Waals surface area contributed by atoms with Crippen molar-refractivity contribution in [2.45, 2.75) is 6.18 Å². The quantitative estimate of drug-likeness (QED) is 0.0776. The number of para-hydroxylation sites is 1. The summed E-state index contributed by atoms with van der Waals surface area (Å²) in [5.41, 5.74) is -0.637. The van der Waals surface area contributed by atoms with Crippen LogP contribution in [-0.2, 0) is 6.18 Å². The van der Waals surface area contributed by atoms with E-state index in [2.05, 4.69) is 15.1 Å². The standard InChI is InChI=1S/C27H14F3I2N5O4/c28-27(29,30)17-5-3-4-16(12-17)25-35-22-7-2-1-6-19(22)26(38)36(25)34-13-15-10-20(31)24(21(32)11-15)41-23-9-8-18(14-33-23)37(39)40/h1-14H. The number of rotatable bonds is 6. The zero-order valence-electron chi connectivity index (χ0n) is 20.3. The second-order valence-corrected chi connectivity index (χ2v) is 10.7. The van der Waals surface area contributed by atoms with E-state index in [4.69, 9.17) is 4.74 Å². The normalized spacial score (nSPS) is 11.7. The Morgan fingerprint density at radius 2 is 1.73 bits per heavy atom. The van der Waals surface area contributed by atoms with Crippen LogP contribution in [0, 0.1) is 17.3 Å². The third-order valence-corrected chi connectivity index (χ3v) is 7.29. The largest absolute Gasteiger partial charge is 0.437 e. The van der Waals surface area contributed by atoms with Crippen molar-refractivity contribution in [3.63, 3.8) is 0 Å². The van der Waals surface area contributed by atoms with E-state index in [0.29, 0.717) is 24.0 Å². The average Bonchev–Trinajstić information content (AvgIpc) is 2.94. The highest BCUT2D eigenvalue weighted by Gasteiger charge is 2.31. The van der Waals surface area contributed by atoms with E-state index in [0.717, 1.165) is 23.0 Å². The SMILES string of the molecule is O=c1c2ccccc2nc(-c2cccc(C(F)(F)F)c2)n1N=Cc1cc(I)c(Oc2ccc([N+](=O)[O-])cn2)c(I)c1. The Morgan fingerprint density at radius 3 is 2.39 bits per heavy atom. The summed E-state index contributed by atoms with van der Waals surface area (Å²) in [5.74, 6) is 0.566. The van der Waals surface area contributed by atoms with Crippen molar-refractivity contribution in [2.24, 2.45) is 5.10 Å². The number of hydrogen-bond donors (Lipinski definition) is 0. The molecule has 0 aliphatic carbocycles. The number of benzene rings is 3. The summed E-state index contributed by atoms with van der Waals surface area (Å²) in [5, 5.41) is 15.4. The Hall–Kier alpha value is -3.93. The van der Waals surface area contributed by atoms with Crippen LogP contribution in [-0.4, -0.2) is 25.8 Å². The molecule has 0 fully saturated rings. The van der Waals surface area contributed by atoms with Crippen LogP contribution < -0.4 is 10.3 Å². The van der Waals surface area contributed by atoms with Gasteiger partial charge in [0.05, 0.1) is 34.7 Å². The number of nitrogens with zero attached hydrogens (tertiary/aromatic N) is 5. The lowest BCUT2D eigenvalue weighted by Crippen LogP contribution is -2.20. The molecule has 41 heavy (non-hydrogen) atoms. The molecular weight excluding hydrogens is 769 g/mol. The molecule has 0 amide bonds. The topological polar surface area (TPSA) is 113 Å². The van der Waals surface area contributed by atoms with Crippen molar-refractivity contribution in [1.82, 2.24) is 14.6 Å². The molecule has 0 atom stereocenters. The van der Waals surface area contributed by atoms with Gasteiger partial charge in [-0.1, -0.05) is 24.3 Å². The second kappa shape index (κ2) is 11.5. The van der Waals surface area contributed by atoms with Gasteiger partial charge in [0.25, 0.3) is 11.2 Å². The van der Waals surface area contributed by atoms with Gasteiger partial charge in [-0.15, -0.1) is 0 Å². The second-order valence-electron chi connectivity index (χ2n) is 8.42. The van der Waals surface area contributed by atoms with E-state index >= 15 is 0 Å². The molecule has 14 heteroatoms. The van der Waals surface area contributed by atoms with Gasteiger partial charge in [0.15, 0.2) is 11.6 Å². The summed E-state index contributed by atoms with van der Waals surface area (Å²) in [6.07, 6.45) is -2.09. The van der Waals surface area contributed by atoms with Crippen LogP contribution in [0.2, 0.25) is 0 Å². The Labute approximate surface area is 256 Å². The van der Waals surface area contributed by atoms with Crippen LogP contribution in [0.25, 0.3) is 22.3 Å². The van der Waals surface area contributed by atoms with Gasteiger partial charge < -0.3 is 4.74 Å². The van der Waals surface area contributed by atoms with E-state index in [1.807, 2.05) is 45.2 Å². The van der Waals surface area contributed by atoms with Crippen LogP contribution in [0.4, 0.5) is 18.9 Å². The molecule has 3 aromatic carbocycles. The third-order valence-electron chi connectivity index (χ3n) is 5.68. The molecule has 5 rings (SSSR count). The predicted molar refractivity (Wildman–Crippen MR) is 162 cm³/mol. The zero-order chi connectivity index (χ0) is 29.3. The molecule has 2 heterocycles. The van der Waals surface area contributed by atoms with Gasteiger partial charge in [-0.2, -0.15) is 22.9 Å². The Morgan fingerprint density at radius 1 is 1.00 bits per heavy atom. The van der Waals surface area contributed by atoms with Crippen LogP contribution >= 0.6 is 45.2 Å². The zero-order valence-corrected chi connectivity index (χ0v) is 24.7. The van der Waals surface area contributed by atoms with Crippen molar-refractivity contribution in [1.29, 1.82) is 0 Å². The molecular formula is C27H14F3I2N5O4. The molecule has 5 aromatic rings. The number of ether oxygens (including phenoxy) is 1. The minimum atomic E-state index is -4.58. The first-order valence-electron chi connectivity index (χ1n) is 11.5.